The van der Waals surface area contributed by atoms with Crippen LogP contribution in [0.2, 0.25) is 0 Å². The molecule has 0 saturated carbocycles. The molecule has 1 aliphatic rings. The molecule has 0 bridgehead atoms. The molecule has 0 aliphatic carbocycles. The van der Waals surface area contributed by atoms with Crippen molar-refractivity contribution < 1.29 is 17.9 Å². The van der Waals surface area contributed by atoms with Crippen LogP contribution < -0.4 is 9.47 Å². The van der Waals surface area contributed by atoms with E-state index in [0.717, 1.165) is 0 Å². The lowest BCUT2D eigenvalue weighted by atomic mass is 10.1. The zero-order valence-corrected chi connectivity index (χ0v) is 15.1. The molecule has 25 heavy (non-hydrogen) atoms. The van der Waals surface area contributed by atoms with Gasteiger partial charge in [-0.1, -0.05) is 6.07 Å². The number of methoxy groups -OCH3 is 1. The molecule has 7 nitrogen and oxygen atoms in total. The number of benzene rings is 1. The number of hydrogen-bond acceptors (Lipinski definition) is 6. The zero-order valence-electron chi connectivity index (χ0n) is 14.3. The summed E-state index contributed by atoms with van der Waals surface area (Å²) < 4.78 is 38.0. The largest absolute Gasteiger partial charge is 0.497 e. The highest BCUT2D eigenvalue weighted by Gasteiger charge is 2.30. The number of hydrogen-bond donors (Lipinski definition) is 0. The lowest BCUT2D eigenvalue weighted by molar-refractivity contribution is 0.129. The number of ether oxygens (including phenoxy) is 2. The third kappa shape index (κ3) is 4.08. The Morgan fingerprint density at radius 1 is 1.20 bits per heavy atom. The monoisotopic (exact) mass is 363 g/mol. The standard InChI is InChI=1S/C17H21N3O4S/c1-13-18-9-6-17(19-13)24-14-7-10-20(11-8-14)25(21,22)16-5-3-4-15(12-16)23-2/h3-6,9,12,14H,7-8,10-11H2,1-2H3. The van der Waals surface area contributed by atoms with Gasteiger partial charge in [-0.2, -0.15) is 9.29 Å². The predicted octanol–water partition coefficient (Wildman–Crippen LogP) is 2.03. The van der Waals surface area contributed by atoms with Crippen LogP contribution in [0, 0.1) is 6.92 Å². The van der Waals surface area contributed by atoms with E-state index in [2.05, 4.69) is 9.97 Å². The van der Waals surface area contributed by atoms with Crippen molar-refractivity contribution in [1.29, 1.82) is 0 Å². The average Bonchev–Trinajstić information content (AvgIpc) is 2.62. The van der Waals surface area contributed by atoms with Crippen LogP contribution in [0.5, 0.6) is 11.6 Å². The van der Waals surface area contributed by atoms with Crippen LogP contribution >= 0.6 is 0 Å². The van der Waals surface area contributed by atoms with Crippen LogP contribution in [0.25, 0.3) is 0 Å². The summed E-state index contributed by atoms with van der Waals surface area (Å²) in [5.74, 6) is 1.70. The smallest absolute Gasteiger partial charge is 0.243 e. The molecular formula is C17H21N3O4S. The Balaban J connectivity index is 1.65. The molecule has 2 heterocycles. The van der Waals surface area contributed by atoms with Gasteiger partial charge in [0.25, 0.3) is 0 Å². The number of aromatic nitrogens is 2. The molecule has 8 heteroatoms. The third-order valence-corrected chi connectivity index (χ3v) is 6.01. The molecule has 0 unspecified atom stereocenters. The summed E-state index contributed by atoms with van der Waals surface area (Å²) in [4.78, 5) is 8.51. The summed E-state index contributed by atoms with van der Waals surface area (Å²) in [5.41, 5.74) is 0. The van der Waals surface area contributed by atoms with Crippen LogP contribution in [0.15, 0.2) is 41.4 Å². The fraction of sp³-hybridized carbons (Fsp3) is 0.412. The lowest BCUT2D eigenvalue weighted by Crippen LogP contribution is -2.41. The van der Waals surface area contributed by atoms with Crippen molar-refractivity contribution in [2.75, 3.05) is 20.2 Å². The molecule has 1 aliphatic heterocycles. The second kappa shape index (κ2) is 7.37. The summed E-state index contributed by atoms with van der Waals surface area (Å²) in [5, 5.41) is 0. The van der Waals surface area contributed by atoms with Gasteiger partial charge in [0, 0.05) is 31.4 Å². The number of aryl methyl sites for hydroxylation is 1. The van der Waals surface area contributed by atoms with E-state index in [1.165, 1.54) is 11.4 Å². The van der Waals surface area contributed by atoms with Crippen molar-refractivity contribution >= 4 is 10.0 Å². The summed E-state index contributed by atoms with van der Waals surface area (Å²) in [6, 6.07) is 8.25. The summed E-state index contributed by atoms with van der Waals surface area (Å²) >= 11 is 0. The first-order valence-electron chi connectivity index (χ1n) is 8.09. The Hall–Kier alpha value is -2.19. The van der Waals surface area contributed by atoms with Crippen molar-refractivity contribution in [3.05, 3.63) is 42.4 Å². The van der Waals surface area contributed by atoms with Crippen molar-refractivity contribution in [3.63, 3.8) is 0 Å². The first kappa shape index (κ1) is 17.6. The average molecular weight is 363 g/mol. The van der Waals surface area contributed by atoms with Gasteiger partial charge in [-0.15, -0.1) is 0 Å². The van der Waals surface area contributed by atoms with Crippen LogP contribution in [0.3, 0.4) is 0 Å². The van der Waals surface area contributed by atoms with Crippen LogP contribution in [-0.4, -0.2) is 49.0 Å². The van der Waals surface area contributed by atoms with E-state index in [1.54, 1.807) is 43.5 Å². The Kier molecular flexibility index (Phi) is 5.19. The van der Waals surface area contributed by atoms with Crippen molar-refractivity contribution in [1.82, 2.24) is 14.3 Å². The minimum absolute atomic E-state index is 0.0499. The molecule has 2 aromatic rings. The molecular weight excluding hydrogens is 342 g/mol. The molecule has 3 rings (SSSR count). The van der Waals surface area contributed by atoms with E-state index >= 15 is 0 Å². The Morgan fingerprint density at radius 3 is 2.64 bits per heavy atom. The second-order valence-corrected chi connectivity index (χ2v) is 7.78. The highest BCUT2D eigenvalue weighted by Crippen LogP contribution is 2.25. The Labute approximate surface area is 147 Å². The minimum Gasteiger partial charge on any atom is -0.497 e. The predicted molar refractivity (Wildman–Crippen MR) is 92.2 cm³/mol. The van der Waals surface area contributed by atoms with Gasteiger partial charge in [0.1, 0.15) is 17.7 Å². The fourth-order valence-corrected chi connectivity index (χ4v) is 4.28. The number of sulfonamides is 1. The van der Waals surface area contributed by atoms with Gasteiger partial charge in [0.05, 0.1) is 12.0 Å². The Morgan fingerprint density at radius 2 is 1.96 bits per heavy atom. The third-order valence-electron chi connectivity index (χ3n) is 4.12. The first-order valence-corrected chi connectivity index (χ1v) is 9.53. The van der Waals surface area contributed by atoms with Gasteiger partial charge in [-0.05, 0) is 31.9 Å². The molecule has 1 saturated heterocycles. The van der Waals surface area contributed by atoms with Gasteiger partial charge in [-0.25, -0.2) is 13.4 Å². The van der Waals surface area contributed by atoms with Crippen LogP contribution in [0.1, 0.15) is 18.7 Å². The topological polar surface area (TPSA) is 81.6 Å². The molecule has 0 amide bonds. The van der Waals surface area contributed by atoms with E-state index in [9.17, 15) is 8.42 Å². The maximum Gasteiger partial charge on any atom is 0.243 e. The van der Waals surface area contributed by atoms with Crippen LogP contribution in [0.4, 0.5) is 0 Å². The molecule has 0 radical (unpaired) electrons. The van der Waals surface area contributed by atoms with Crippen molar-refractivity contribution in [2.45, 2.75) is 30.8 Å². The molecule has 0 spiro atoms. The summed E-state index contributed by atoms with van der Waals surface area (Å²) in [6.45, 7) is 2.62. The normalized spacial score (nSPS) is 16.6. The Bertz CT molecular complexity index is 833. The van der Waals surface area contributed by atoms with Gasteiger partial charge in [0.15, 0.2) is 0 Å². The van der Waals surface area contributed by atoms with Gasteiger partial charge < -0.3 is 9.47 Å². The molecule has 1 fully saturated rings. The molecule has 1 aromatic carbocycles. The van der Waals surface area contributed by atoms with E-state index in [0.29, 0.717) is 43.4 Å². The highest BCUT2D eigenvalue weighted by molar-refractivity contribution is 7.89. The van der Waals surface area contributed by atoms with Gasteiger partial charge in [0.2, 0.25) is 15.9 Å². The quantitative estimate of drug-likeness (QED) is 0.808. The number of rotatable bonds is 5. The molecule has 0 N–H and O–H groups in total. The minimum atomic E-state index is -3.53. The second-order valence-electron chi connectivity index (χ2n) is 5.84. The van der Waals surface area contributed by atoms with Gasteiger partial charge >= 0.3 is 0 Å². The fourth-order valence-electron chi connectivity index (χ4n) is 2.77. The maximum atomic E-state index is 12.8. The van der Waals surface area contributed by atoms with E-state index in [-0.39, 0.29) is 11.0 Å². The molecule has 0 atom stereocenters. The van der Waals surface area contributed by atoms with Crippen LogP contribution in [-0.2, 0) is 10.0 Å². The van der Waals surface area contributed by atoms with E-state index in [4.69, 9.17) is 9.47 Å². The molecule has 1 aromatic heterocycles. The SMILES string of the molecule is COc1cccc(S(=O)(=O)N2CCC(Oc3ccnc(C)n3)CC2)c1. The van der Waals surface area contributed by atoms with Gasteiger partial charge in [-0.3, -0.25) is 0 Å². The molecule has 134 valence electrons. The number of nitrogens with zero attached hydrogens (tertiary/aromatic N) is 3. The summed E-state index contributed by atoms with van der Waals surface area (Å²) in [7, 11) is -2.01. The van der Waals surface area contributed by atoms with Crippen molar-refractivity contribution in [2.24, 2.45) is 0 Å². The number of piperidine rings is 1. The lowest BCUT2D eigenvalue weighted by Gasteiger charge is -2.31. The van der Waals surface area contributed by atoms with E-state index in [1.807, 2.05) is 0 Å². The highest BCUT2D eigenvalue weighted by atomic mass is 32.2. The van der Waals surface area contributed by atoms with E-state index < -0.39 is 10.0 Å². The summed E-state index contributed by atoms with van der Waals surface area (Å²) in [6.07, 6.45) is 2.84. The maximum absolute atomic E-state index is 12.8. The first-order chi connectivity index (χ1) is 12.0. The van der Waals surface area contributed by atoms with Crippen molar-refractivity contribution in [3.8, 4) is 11.6 Å². The zero-order chi connectivity index (χ0) is 17.9.